The fraction of sp³-hybridized carbons (Fsp3) is 0. The fourth-order valence-electron chi connectivity index (χ4n) is 0.922. The monoisotopic (exact) mass is 296 g/mol. The van der Waals surface area contributed by atoms with Crippen molar-refractivity contribution in [3.63, 3.8) is 0 Å². The van der Waals surface area contributed by atoms with Gasteiger partial charge in [-0.25, -0.2) is 4.99 Å². The van der Waals surface area contributed by atoms with Gasteiger partial charge in [-0.2, -0.15) is 4.37 Å². The molecule has 1 aromatic heterocycles. The van der Waals surface area contributed by atoms with Gasteiger partial charge in [0.2, 0.25) is 0 Å². The second kappa shape index (κ2) is 4.80. The molecule has 0 aliphatic heterocycles. The van der Waals surface area contributed by atoms with Gasteiger partial charge in [-0.1, -0.05) is 40.9 Å². The van der Waals surface area contributed by atoms with Crippen molar-refractivity contribution in [1.29, 1.82) is 0 Å². The SMILES string of the molecule is Clc1cccc(Cl)c1N=c1ssnc1Cl. The van der Waals surface area contributed by atoms with Crippen molar-refractivity contribution in [2.24, 2.45) is 4.99 Å². The lowest BCUT2D eigenvalue weighted by Gasteiger charge is -1.98. The van der Waals surface area contributed by atoms with Crippen LogP contribution in [-0.4, -0.2) is 4.37 Å². The number of benzene rings is 1. The molecule has 0 aliphatic carbocycles. The maximum Gasteiger partial charge on any atom is 0.179 e. The maximum absolute atomic E-state index is 5.97. The minimum absolute atomic E-state index is 0.376. The number of rotatable bonds is 1. The zero-order chi connectivity index (χ0) is 10.8. The Balaban J connectivity index is 2.62. The highest BCUT2D eigenvalue weighted by Crippen LogP contribution is 2.32. The second-order valence-electron chi connectivity index (χ2n) is 2.53. The Morgan fingerprint density at radius 2 is 1.80 bits per heavy atom. The third-order valence-electron chi connectivity index (χ3n) is 1.56. The molecule has 0 radical (unpaired) electrons. The summed E-state index contributed by atoms with van der Waals surface area (Å²) >= 11 is 17.8. The van der Waals surface area contributed by atoms with Gasteiger partial charge in [0.1, 0.15) is 5.69 Å². The van der Waals surface area contributed by atoms with E-state index in [1.165, 1.54) is 20.9 Å². The van der Waals surface area contributed by atoms with E-state index in [1.54, 1.807) is 18.2 Å². The van der Waals surface area contributed by atoms with E-state index in [9.17, 15) is 0 Å². The van der Waals surface area contributed by atoms with Crippen LogP contribution < -0.4 is 4.67 Å². The van der Waals surface area contributed by atoms with Crippen molar-refractivity contribution in [2.75, 3.05) is 0 Å². The van der Waals surface area contributed by atoms with Crippen LogP contribution in [0, 0.1) is 0 Å². The average Bonchev–Trinajstić information content (AvgIpc) is 2.58. The summed E-state index contributed by atoms with van der Waals surface area (Å²) in [5.41, 5.74) is 0.527. The van der Waals surface area contributed by atoms with Crippen LogP contribution in [0.1, 0.15) is 0 Å². The van der Waals surface area contributed by atoms with Crippen molar-refractivity contribution in [1.82, 2.24) is 4.37 Å². The normalized spacial score (nSPS) is 12.1. The Labute approximate surface area is 108 Å². The molecule has 0 saturated heterocycles. The van der Waals surface area contributed by atoms with Gasteiger partial charge in [-0.15, -0.1) is 0 Å². The summed E-state index contributed by atoms with van der Waals surface area (Å²) in [5.74, 6) is 0. The van der Waals surface area contributed by atoms with E-state index >= 15 is 0 Å². The van der Waals surface area contributed by atoms with E-state index in [2.05, 4.69) is 9.37 Å². The molecule has 2 rings (SSSR count). The largest absolute Gasteiger partial charge is 0.231 e. The lowest BCUT2D eigenvalue weighted by Crippen LogP contribution is -1.93. The molecule has 1 heterocycles. The molecule has 15 heavy (non-hydrogen) atoms. The van der Waals surface area contributed by atoms with Crippen LogP contribution in [0.5, 0.6) is 0 Å². The molecule has 0 N–H and O–H groups in total. The standard InChI is InChI=1S/C8H3Cl3N2S2/c9-4-2-1-3-5(10)6(4)12-8-7(11)13-15-14-8/h1-3H. The Hall–Kier alpha value is -0.130. The van der Waals surface area contributed by atoms with Crippen molar-refractivity contribution in [3.05, 3.63) is 38.1 Å². The fourth-order valence-corrected chi connectivity index (χ4v) is 3.38. The van der Waals surface area contributed by atoms with Gasteiger partial charge in [0.05, 0.1) is 10.0 Å². The quantitative estimate of drug-likeness (QED) is 0.716. The summed E-state index contributed by atoms with van der Waals surface area (Å²) in [6.07, 6.45) is 0. The molecule has 2 nitrogen and oxygen atoms in total. The van der Waals surface area contributed by atoms with Gasteiger partial charge in [0, 0.05) is 10.5 Å². The number of halogens is 3. The first kappa shape index (κ1) is 11.4. The first-order valence-electron chi connectivity index (χ1n) is 3.79. The number of nitrogens with zero attached hydrogens (tertiary/aromatic N) is 2. The van der Waals surface area contributed by atoms with Crippen LogP contribution in [-0.2, 0) is 0 Å². The molecular weight excluding hydrogens is 295 g/mol. The van der Waals surface area contributed by atoms with Crippen LogP contribution in [0.3, 0.4) is 0 Å². The molecule has 0 spiro atoms. The summed E-state index contributed by atoms with van der Waals surface area (Å²) in [5, 5.41) is 1.37. The van der Waals surface area contributed by atoms with Crippen molar-refractivity contribution >= 4 is 61.4 Å². The molecule has 0 amide bonds. The molecule has 1 aromatic carbocycles. The smallest absolute Gasteiger partial charge is 0.179 e. The Bertz CT molecular complexity index is 527. The van der Waals surface area contributed by atoms with E-state index in [4.69, 9.17) is 34.8 Å². The third-order valence-corrected chi connectivity index (χ3v) is 4.34. The summed E-state index contributed by atoms with van der Waals surface area (Å²) < 4.78 is 4.54. The molecule has 0 unspecified atom stereocenters. The Kier molecular flexibility index (Phi) is 3.64. The number of aromatic nitrogens is 1. The van der Waals surface area contributed by atoms with E-state index in [0.717, 1.165) is 0 Å². The van der Waals surface area contributed by atoms with Crippen LogP contribution in [0.4, 0.5) is 5.69 Å². The van der Waals surface area contributed by atoms with Crippen LogP contribution >= 0.6 is 55.7 Å². The van der Waals surface area contributed by atoms with Gasteiger partial charge in [0.25, 0.3) is 0 Å². The predicted molar refractivity (Wildman–Crippen MR) is 66.7 cm³/mol. The van der Waals surface area contributed by atoms with Gasteiger partial charge < -0.3 is 0 Å². The number of hydrogen-bond donors (Lipinski definition) is 0. The summed E-state index contributed by atoms with van der Waals surface area (Å²) in [6.45, 7) is 0. The highest BCUT2D eigenvalue weighted by Gasteiger charge is 2.05. The van der Waals surface area contributed by atoms with Crippen molar-refractivity contribution < 1.29 is 0 Å². The molecule has 0 atom stereocenters. The van der Waals surface area contributed by atoms with Crippen LogP contribution in [0.15, 0.2) is 23.2 Å². The molecule has 0 bridgehead atoms. The molecule has 7 heteroatoms. The molecule has 2 aromatic rings. The average molecular weight is 298 g/mol. The van der Waals surface area contributed by atoms with Crippen LogP contribution in [0.2, 0.25) is 15.2 Å². The first-order chi connectivity index (χ1) is 7.18. The lowest BCUT2D eigenvalue weighted by molar-refractivity contribution is 1.37. The highest BCUT2D eigenvalue weighted by atomic mass is 35.5. The van der Waals surface area contributed by atoms with Crippen LogP contribution in [0.25, 0.3) is 0 Å². The van der Waals surface area contributed by atoms with Gasteiger partial charge in [-0.05, 0) is 22.5 Å². The van der Waals surface area contributed by atoms with E-state index in [-0.39, 0.29) is 0 Å². The van der Waals surface area contributed by atoms with E-state index in [1.807, 2.05) is 0 Å². The number of hydrogen-bond acceptors (Lipinski definition) is 4. The summed E-state index contributed by atoms with van der Waals surface area (Å²) in [7, 11) is 2.65. The van der Waals surface area contributed by atoms with E-state index in [0.29, 0.717) is 25.6 Å². The minimum atomic E-state index is 0.376. The highest BCUT2D eigenvalue weighted by molar-refractivity contribution is 7.66. The summed E-state index contributed by atoms with van der Waals surface area (Å²) in [4.78, 5) is 4.27. The zero-order valence-corrected chi connectivity index (χ0v) is 11.0. The molecule has 0 saturated carbocycles. The van der Waals surface area contributed by atoms with Crippen molar-refractivity contribution in [2.45, 2.75) is 0 Å². The third kappa shape index (κ3) is 2.52. The summed E-state index contributed by atoms with van der Waals surface area (Å²) in [6, 6.07) is 5.22. The first-order valence-corrected chi connectivity index (χ1v) is 7.03. The van der Waals surface area contributed by atoms with Gasteiger partial charge in [-0.3, -0.25) is 0 Å². The number of para-hydroxylation sites is 1. The van der Waals surface area contributed by atoms with Gasteiger partial charge in [0.15, 0.2) is 9.82 Å². The molecule has 0 aliphatic rings. The molecule has 78 valence electrons. The Morgan fingerprint density at radius 3 is 2.33 bits per heavy atom. The maximum atomic E-state index is 5.97. The van der Waals surface area contributed by atoms with E-state index < -0.39 is 0 Å². The predicted octanol–water partition coefficient (Wildman–Crippen LogP) is 4.40. The minimum Gasteiger partial charge on any atom is -0.231 e. The van der Waals surface area contributed by atoms with Gasteiger partial charge >= 0.3 is 0 Å². The second-order valence-corrected chi connectivity index (χ2v) is 5.53. The topological polar surface area (TPSA) is 25.2 Å². The van der Waals surface area contributed by atoms with Crippen molar-refractivity contribution in [3.8, 4) is 0 Å². The zero-order valence-electron chi connectivity index (χ0n) is 7.08. The molecular formula is C8H3Cl3N2S2. The molecule has 0 fully saturated rings. The lowest BCUT2D eigenvalue weighted by atomic mass is 10.3. The Morgan fingerprint density at radius 1 is 1.13 bits per heavy atom.